The predicted molar refractivity (Wildman–Crippen MR) is 85.8 cm³/mol. The molecule has 7 nitrogen and oxygen atoms in total. The van der Waals surface area contributed by atoms with Gasteiger partial charge in [-0.2, -0.15) is 5.10 Å². The van der Waals surface area contributed by atoms with Gasteiger partial charge in [0, 0.05) is 26.2 Å². The van der Waals surface area contributed by atoms with Gasteiger partial charge in [-0.25, -0.2) is 4.98 Å². The van der Waals surface area contributed by atoms with Crippen LogP contribution in [-0.4, -0.2) is 75.4 Å². The normalized spacial score (nSPS) is 29.7. The van der Waals surface area contributed by atoms with Crippen LogP contribution in [0.25, 0.3) is 0 Å². The number of nitrogens with zero attached hydrogens (tertiary/aromatic N) is 5. The van der Waals surface area contributed by atoms with E-state index in [1.165, 1.54) is 6.42 Å². The van der Waals surface area contributed by atoms with E-state index in [1.807, 2.05) is 23.4 Å². The molecule has 1 aromatic heterocycles. The van der Waals surface area contributed by atoms with Crippen LogP contribution in [0.4, 0.5) is 0 Å². The summed E-state index contributed by atoms with van der Waals surface area (Å²) in [7, 11) is 0. The molecule has 3 atom stereocenters. The molecule has 0 aromatic carbocycles. The first-order valence-electron chi connectivity index (χ1n) is 8.58. The summed E-state index contributed by atoms with van der Waals surface area (Å²) in [6, 6.07) is 0. The highest BCUT2D eigenvalue weighted by atomic mass is 16.5. The van der Waals surface area contributed by atoms with Gasteiger partial charge in [0.15, 0.2) is 0 Å². The van der Waals surface area contributed by atoms with Gasteiger partial charge < -0.3 is 9.64 Å². The van der Waals surface area contributed by atoms with E-state index >= 15 is 0 Å². The highest BCUT2D eigenvalue weighted by molar-refractivity contribution is 5.78. The number of amides is 1. The van der Waals surface area contributed by atoms with Crippen molar-refractivity contribution in [3.63, 3.8) is 0 Å². The van der Waals surface area contributed by atoms with Gasteiger partial charge in [0.2, 0.25) is 5.91 Å². The Morgan fingerprint density at radius 1 is 1.26 bits per heavy atom. The van der Waals surface area contributed by atoms with Crippen molar-refractivity contribution in [2.24, 2.45) is 5.92 Å². The summed E-state index contributed by atoms with van der Waals surface area (Å²) in [4.78, 5) is 20.8. The molecule has 2 saturated heterocycles. The topological polar surface area (TPSA) is 63.5 Å². The molecule has 2 fully saturated rings. The highest BCUT2D eigenvalue weighted by Gasteiger charge is 2.28. The number of rotatable bonds is 4. The number of carbonyl (C=O) groups excluding carboxylic acids is 1. The average Bonchev–Trinajstić information content (AvgIpc) is 2.99. The molecule has 23 heavy (non-hydrogen) atoms. The number of ether oxygens (including phenoxy) is 1. The summed E-state index contributed by atoms with van der Waals surface area (Å²) in [5.74, 6) is 0.772. The van der Waals surface area contributed by atoms with E-state index in [-0.39, 0.29) is 18.1 Å². The van der Waals surface area contributed by atoms with Crippen molar-refractivity contribution in [1.82, 2.24) is 24.6 Å². The second-order valence-electron chi connectivity index (χ2n) is 6.92. The summed E-state index contributed by atoms with van der Waals surface area (Å²) in [5.41, 5.74) is 0. The molecule has 2 aliphatic rings. The first-order valence-corrected chi connectivity index (χ1v) is 8.58. The van der Waals surface area contributed by atoms with Crippen LogP contribution in [0.15, 0.2) is 12.7 Å². The second kappa shape index (κ2) is 7.40. The number of likely N-dealkylation sites (tertiary alicyclic amines) is 1. The zero-order chi connectivity index (χ0) is 16.2. The summed E-state index contributed by atoms with van der Waals surface area (Å²) >= 11 is 0. The molecule has 3 rings (SSSR count). The number of aromatic nitrogens is 3. The highest BCUT2D eigenvalue weighted by Crippen LogP contribution is 2.18. The predicted octanol–water partition coefficient (Wildman–Crippen LogP) is 0.626. The van der Waals surface area contributed by atoms with E-state index in [0.717, 1.165) is 26.1 Å². The Labute approximate surface area is 137 Å². The molecule has 128 valence electrons. The molecule has 0 bridgehead atoms. The Morgan fingerprint density at radius 3 is 2.74 bits per heavy atom. The minimum absolute atomic E-state index is 0.129. The van der Waals surface area contributed by atoms with Crippen molar-refractivity contribution in [1.29, 1.82) is 0 Å². The number of hydrogen-bond donors (Lipinski definition) is 0. The summed E-state index contributed by atoms with van der Waals surface area (Å²) < 4.78 is 7.60. The van der Waals surface area contributed by atoms with E-state index in [4.69, 9.17) is 4.74 Å². The number of carbonyl (C=O) groups is 1. The number of piperidine rings is 1. The van der Waals surface area contributed by atoms with E-state index in [0.29, 0.717) is 25.6 Å². The Hall–Kier alpha value is -1.47. The Bertz CT molecular complexity index is 497. The van der Waals surface area contributed by atoms with Gasteiger partial charge in [0.25, 0.3) is 0 Å². The van der Waals surface area contributed by atoms with E-state index in [1.54, 1.807) is 12.7 Å². The molecular weight excluding hydrogens is 294 g/mol. The van der Waals surface area contributed by atoms with Crippen LogP contribution in [0.1, 0.15) is 26.7 Å². The van der Waals surface area contributed by atoms with Crippen LogP contribution in [0.3, 0.4) is 0 Å². The fourth-order valence-corrected chi connectivity index (χ4v) is 3.71. The molecule has 2 aliphatic heterocycles. The number of morpholine rings is 1. The molecule has 1 amide bonds. The molecule has 0 spiro atoms. The van der Waals surface area contributed by atoms with Crippen molar-refractivity contribution in [3.05, 3.63) is 12.7 Å². The third-order valence-electron chi connectivity index (χ3n) is 4.65. The van der Waals surface area contributed by atoms with Crippen LogP contribution >= 0.6 is 0 Å². The maximum Gasteiger partial charge on any atom is 0.236 e. The van der Waals surface area contributed by atoms with Crippen molar-refractivity contribution < 1.29 is 9.53 Å². The van der Waals surface area contributed by atoms with Crippen LogP contribution in [0.2, 0.25) is 0 Å². The lowest BCUT2D eigenvalue weighted by atomic mass is 9.98. The second-order valence-corrected chi connectivity index (χ2v) is 6.92. The standard InChI is InChI=1S/C16H27N5O2/c1-13-6-20(7-14(2)23-13)16(22)10-19-5-3-4-15(8-19)9-21-12-17-11-18-21/h11-15H,3-10H2,1-2H3/t13-,14+,15-/m0/s1. The van der Waals surface area contributed by atoms with Gasteiger partial charge in [-0.1, -0.05) is 0 Å². The lowest BCUT2D eigenvalue weighted by molar-refractivity contribution is -0.144. The summed E-state index contributed by atoms with van der Waals surface area (Å²) in [6.07, 6.45) is 5.93. The molecule has 0 radical (unpaired) electrons. The van der Waals surface area contributed by atoms with Crippen LogP contribution in [0.5, 0.6) is 0 Å². The molecule has 0 N–H and O–H groups in total. The maximum absolute atomic E-state index is 12.6. The SMILES string of the molecule is C[C@@H]1CN(C(=O)CN2CCC[C@H](Cn3cncn3)C2)C[C@H](C)O1. The average molecular weight is 321 g/mol. The fourth-order valence-electron chi connectivity index (χ4n) is 3.71. The van der Waals surface area contributed by atoms with Crippen LogP contribution in [-0.2, 0) is 16.1 Å². The summed E-state index contributed by atoms with van der Waals surface area (Å²) in [6.45, 7) is 8.86. The minimum atomic E-state index is 0.129. The monoisotopic (exact) mass is 321 g/mol. The van der Waals surface area contributed by atoms with Crippen molar-refractivity contribution >= 4 is 5.91 Å². The van der Waals surface area contributed by atoms with Crippen LogP contribution in [0, 0.1) is 5.92 Å². The molecule has 1 aromatic rings. The van der Waals surface area contributed by atoms with E-state index in [2.05, 4.69) is 15.0 Å². The largest absolute Gasteiger partial charge is 0.372 e. The van der Waals surface area contributed by atoms with E-state index < -0.39 is 0 Å². The smallest absolute Gasteiger partial charge is 0.236 e. The van der Waals surface area contributed by atoms with Crippen molar-refractivity contribution in [3.8, 4) is 0 Å². The van der Waals surface area contributed by atoms with Gasteiger partial charge in [-0.15, -0.1) is 0 Å². The van der Waals surface area contributed by atoms with Crippen LogP contribution < -0.4 is 0 Å². The van der Waals surface area contributed by atoms with Gasteiger partial charge in [0.05, 0.1) is 18.8 Å². The van der Waals surface area contributed by atoms with Gasteiger partial charge >= 0.3 is 0 Å². The third-order valence-corrected chi connectivity index (χ3v) is 4.65. The molecule has 0 unspecified atom stereocenters. The van der Waals surface area contributed by atoms with Gasteiger partial charge in [-0.05, 0) is 39.2 Å². The van der Waals surface area contributed by atoms with Gasteiger partial charge in [-0.3, -0.25) is 14.4 Å². The molecule has 0 saturated carbocycles. The van der Waals surface area contributed by atoms with Crippen molar-refractivity contribution in [2.75, 3.05) is 32.7 Å². The molecule has 7 heteroatoms. The Kier molecular flexibility index (Phi) is 5.27. The lowest BCUT2D eigenvalue weighted by Gasteiger charge is -2.38. The summed E-state index contributed by atoms with van der Waals surface area (Å²) in [5, 5.41) is 4.18. The third kappa shape index (κ3) is 4.51. The van der Waals surface area contributed by atoms with Crippen molar-refractivity contribution in [2.45, 2.75) is 45.4 Å². The minimum Gasteiger partial charge on any atom is -0.372 e. The first kappa shape index (κ1) is 16.4. The Morgan fingerprint density at radius 2 is 2.04 bits per heavy atom. The van der Waals surface area contributed by atoms with E-state index in [9.17, 15) is 4.79 Å². The molecule has 3 heterocycles. The maximum atomic E-state index is 12.6. The zero-order valence-corrected chi connectivity index (χ0v) is 14.1. The zero-order valence-electron chi connectivity index (χ0n) is 14.1. The number of hydrogen-bond acceptors (Lipinski definition) is 5. The Balaban J connectivity index is 1.49. The fraction of sp³-hybridized carbons (Fsp3) is 0.812. The van der Waals surface area contributed by atoms with Gasteiger partial charge in [0.1, 0.15) is 12.7 Å². The molecule has 0 aliphatic carbocycles. The molecular formula is C16H27N5O2. The quantitative estimate of drug-likeness (QED) is 0.814. The first-order chi connectivity index (χ1) is 11.1. The lowest BCUT2D eigenvalue weighted by Crippen LogP contribution is -2.52.